The highest BCUT2D eigenvalue weighted by Crippen LogP contribution is 2.42. The molecule has 0 aliphatic heterocycles. The van der Waals surface area contributed by atoms with Crippen molar-refractivity contribution in [3.05, 3.63) is 164 Å². The standard InChI is InChI=1S/C41H27N3/c1-4-14-28(15-5-1)30-26-36(29-16-6-2-7-17-29)42-39(27-30)44-38-23-13-11-21-33(38)35-25-24-34-32-20-10-12-22-37(32)43(40(34)41(35)44)31-18-8-3-9-19-31/h1-27H. The van der Waals surface area contributed by atoms with Crippen LogP contribution in [0.5, 0.6) is 0 Å². The molecule has 9 rings (SSSR count). The molecule has 3 heteroatoms. The van der Waals surface area contributed by atoms with Crippen LogP contribution < -0.4 is 0 Å². The molecule has 0 aliphatic rings. The van der Waals surface area contributed by atoms with E-state index in [1.54, 1.807) is 0 Å². The van der Waals surface area contributed by atoms with Gasteiger partial charge in [0.2, 0.25) is 0 Å². The fraction of sp³-hybridized carbons (Fsp3) is 0. The van der Waals surface area contributed by atoms with E-state index in [9.17, 15) is 0 Å². The minimum Gasteiger partial charge on any atom is -0.307 e. The Kier molecular flexibility index (Phi) is 5.50. The normalized spacial score (nSPS) is 11.6. The summed E-state index contributed by atoms with van der Waals surface area (Å²) in [5, 5.41) is 4.88. The second kappa shape index (κ2) is 9.82. The number of nitrogens with zero attached hydrogens (tertiary/aromatic N) is 3. The van der Waals surface area contributed by atoms with Gasteiger partial charge in [0, 0.05) is 32.8 Å². The van der Waals surface area contributed by atoms with Gasteiger partial charge in [0.15, 0.2) is 0 Å². The Labute approximate surface area is 254 Å². The molecule has 0 atom stereocenters. The fourth-order valence-corrected chi connectivity index (χ4v) is 6.77. The number of hydrogen-bond donors (Lipinski definition) is 0. The minimum atomic E-state index is 0.897. The molecule has 0 fully saturated rings. The first-order chi connectivity index (χ1) is 21.8. The molecule has 0 aliphatic carbocycles. The van der Waals surface area contributed by atoms with Crippen molar-refractivity contribution < 1.29 is 0 Å². The molecule has 3 aromatic heterocycles. The molecule has 0 saturated carbocycles. The largest absolute Gasteiger partial charge is 0.307 e. The highest BCUT2D eigenvalue weighted by molar-refractivity contribution is 6.23. The summed E-state index contributed by atoms with van der Waals surface area (Å²) in [6.45, 7) is 0. The van der Waals surface area contributed by atoms with E-state index in [-0.39, 0.29) is 0 Å². The highest BCUT2D eigenvalue weighted by Gasteiger charge is 2.22. The highest BCUT2D eigenvalue weighted by atomic mass is 15.1. The molecule has 0 saturated heterocycles. The van der Waals surface area contributed by atoms with Gasteiger partial charge < -0.3 is 4.57 Å². The topological polar surface area (TPSA) is 22.8 Å². The van der Waals surface area contributed by atoms with E-state index in [1.807, 2.05) is 0 Å². The predicted octanol–water partition coefficient (Wildman–Crippen LogP) is 10.6. The molecule has 0 amide bonds. The molecule has 0 N–H and O–H groups in total. The Morgan fingerprint density at radius 2 is 0.864 bits per heavy atom. The first-order valence-corrected chi connectivity index (χ1v) is 15.0. The van der Waals surface area contributed by atoms with Crippen LogP contribution in [0.1, 0.15) is 0 Å². The number of fused-ring (bicyclic) bond motifs is 7. The summed E-state index contributed by atoms with van der Waals surface area (Å²) in [5.41, 5.74) is 10.1. The molecular formula is C41H27N3. The quantitative estimate of drug-likeness (QED) is 0.210. The number of para-hydroxylation sites is 3. The first kappa shape index (κ1) is 24.6. The first-order valence-electron chi connectivity index (χ1n) is 15.0. The van der Waals surface area contributed by atoms with Gasteiger partial charge in [0.05, 0.1) is 27.8 Å². The SMILES string of the molecule is c1ccc(-c2cc(-c3ccccc3)nc(-n3c4ccccc4c4ccc5c6ccccc6n(-c6ccccc6)c5c43)c2)cc1. The number of rotatable bonds is 4. The average Bonchev–Trinajstić information content (AvgIpc) is 3.62. The molecule has 206 valence electrons. The Bertz CT molecular complexity index is 2410. The van der Waals surface area contributed by atoms with Gasteiger partial charge in [-0.3, -0.25) is 4.57 Å². The molecule has 0 radical (unpaired) electrons. The van der Waals surface area contributed by atoms with Gasteiger partial charge in [-0.15, -0.1) is 0 Å². The summed E-state index contributed by atoms with van der Waals surface area (Å²) < 4.78 is 4.80. The van der Waals surface area contributed by atoms with Crippen molar-refractivity contribution in [1.82, 2.24) is 14.1 Å². The van der Waals surface area contributed by atoms with E-state index in [0.29, 0.717) is 0 Å². The molecule has 3 heterocycles. The summed E-state index contributed by atoms with van der Waals surface area (Å²) in [7, 11) is 0. The summed E-state index contributed by atoms with van der Waals surface area (Å²) >= 11 is 0. The molecule has 0 spiro atoms. The van der Waals surface area contributed by atoms with Crippen LogP contribution in [0.25, 0.3) is 77.5 Å². The number of pyridine rings is 1. The lowest BCUT2D eigenvalue weighted by atomic mass is 10.0. The monoisotopic (exact) mass is 561 g/mol. The molecule has 0 unspecified atom stereocenters. The van der Waals surface area contributed by atoms with Crippen LogP contribution in [0.4, 0.5) is 0 Å². The smallest absolute Gasteiger partial charge is 0.138 e. The molecule has 9 aromatic rings. The minimum absolute atomic E-state index is 0.897. The van der Waals surface area contributed by atoms with E-state index < -0.39 is 0 Å². The Morgan fingerprint density at radius 1 is 0.364 bits per heavy atom. The van der Waals surface area contributed by atoms with Crippen molar-refractivity contribution in [2.45, 2.75) is 0 Å². The lowest BCUT2D eigenvalue weighted by molar-refractivity contribution is 1.08. The van der Waals surface area contributed by atoms with E-state index in [0.717, 1.165) is 44.9 Å². The summed E-state index contributed by atoms with van der Waals surface area (Å²) in [6, 6.07) is 58.2. The van der Waals surface area contributed by atoms with Crippen LogP contribution in [0, 0.1) is 0 Å². The molecule has 0 bridgehead atoms. The average molecular weight is 562 g/mol. The molecule has 3 nitrogen and oxygen atoms in total. The van der Waals surface area contributed by atoms with E-state index in [1.165, 1.54) is 32.6 Å². The fourth-order valence-electron chi connectivity index (χ4n) is 6.77. The van der Waals surface area contributed by atoms with Crippen molar-refractivity contribution in [2.24, 2.45) is 0 Å². The van der Waals surface area contributed by atoms with Gasteiger partial charge in [-0.05, 0) is 47.5 Å². The maximum atomic E-state index is 5.39. The third kappa shape index (κ3) is 3.73. The van der Waals surface area contributed by atoms with E-state index >= 15 is 0 Å². The number of aromatic nitrogens is 3. The second-order valence-electron chi connectivity index (χ2n) is 11.2. The summed E-state index contributed by atoms with van der Waals surface area (Å²) in [5.74, 6) is 0.897. The second-order valence-corrected chi connectivity index (χ2v) is 11.2. The van der Waals surface area contributed by atoms with Crippen LogP contribution in [-0.4, -0.2) is 14.1 Å². The Balaban J connectivity index is 1.48. The van der Waals surface area contributed by atoms with Crippen molar-refractivity contribution in [3.8, 4) is 33.9 Å². The zero-order valence-corrected chi connectivity index (χ0v) is 23.9. The summed E-state index contributed by atoms with van der Waals surface area (Å²) in [6.07, 6.45) is 0. The number of benzene rings is 6. The van der Waals surface area contributed by atoms with Gasteiger partial charge in [-0.1, -0.05) is 127 Å². The van der Waals surface area contributed by atoms with E-state index in [2.05, 4.69) is 173 Å². The van der Waals surface area contributed by atoms with Crippen LogP contribution in [0.2, 0.25) is 0 Å². The molecule has 6 aromatic carbocycles. The lowest BCUT2D eigenvalue weighted by Gasteiger charge is -2.14. The maximum Gasteiger partial charge on any atom is 0.138 e. The third-order valence-electron chi connectivity index (χ3n) is 8.70. The molecular weight excluding hydrogens is 534 g/mol. The van der Waals surface area contributed by atoms with Crippen LogP contribution in [0.15, 0.2) is 164 Å². The lowest BCUT2D eigenvalue weighted by Crippen LogP contribution is -2.02. The zero-order chi connectivity index (χ0) is 29.0. The Hall–Kier alpha value is -5.93. The zero-order valence-electron chi connectivity index (χ0n) is 23.9. The van der Waals surface area contributed by atoms with Gasteiger partial charge in [0.1, 0.15) is 5.82 Å². The predicted molar refractivity (Wildman–Crippen MR) is 184 cm³/mol. The van der Waals surface area contributed by atoms with Crippen molar-refractivity contribution in [2.75, 3.05) is 0 Å². The van der Waals surface area contributed by atoms with Gasteiger partial charge in [0.25, 0.3) is 0 Å². The van der Waals surface area contributed by atoms with Gasteiger partial charge in [-0.2, -0.15) is 0 Å². The third-order valence-corrected chi connectivity index (χ3v) is 8.70. The van der Waals surface area contributed by atoms with E-state index in [4.69, 9.17) is 4.98 Å². The van der Waals surface area contributed by atoms with Crippen LogP contribution in [-0.2, 0) is 0 Å². The van der Waals surface area contributed by atoms with Crippen LogP contribution >= 0.6 is 0 Å². The van der Waals surface area contributed by atoms with Crippen LogP contribution in [0.3, 0.4) is 0 Å². The molecule has 44 heavy (non-hydrogen) atoms. The Morgan fingerprint density at radius 3 is 1.50 bits per heavy atom. The maximum absolute atomic E-state index is 5.39. The summed E-state index contributed by atoms with van der Waals surface area (Å²) in [4.78, 5) is 5.39. The van der Waals surface area contributed by atoms with Gasteiger partial charge >= 0.3 is 0 Å². The van der Waals surface area contributed by atoms with Crippen molar-refractivity contribution >= 4 is 43.6 Å². The van der Waals surface area contributed by atoms with Crippen molar-refractivity contribution in [1.29, 1.82) is 0 Å². The van der Waals surface area contributed by atoms with Gasteiger partial charge in [-0.25, -0.2) is 4.98 Å². The van der Waals surface area contributed by atoms with Crippen molar-refractivity contribution in [3.63, 3.8) is 0 Å². The number of hydrogen-bond acceptors (Lipinski definition) is 1.